The van der Waals surface area contributed by atoms with E-state index in [-0.39, 0.29) is 6.04 Å². The van der Waals surface area contributed by atoms with Gasteiger partial charge in [-0.1, -0.05) is 13.0 Å². The van der Waals surface area contributed by atoms with E-state index in [2.05, 4.69) is 22.3 Å². The van der Waals surface area contributed by atoms with E-state index in [1.165, 1.54) is 6.33 Å². The molecule has 0 aliphatic carbocycles. The smallest absolute Gasteiger partial charge is 0.161 e. The minimum absolute atomic E-state index is 0.140. The number of aromatic nitrogens is 3. The largest absolute Gasteiger partial charge is 0.493 e. The molecule has 108 valence electrons. The number of nitrogens with one attached hydrogen (secondary N) is 1. The highest BCUT2D eigenvalue weighted by molar-refractivity contribution is 5.43. The van der Waals surface area contributed by atoms with Crippen LogP contribution in [0.3, 0.4) is 0 Å². The Morgan fingerprint density at radius 2 is 2.05 bits per heavy atom. The molecule has 1 heterocycles. The predicted molar refractivity (Wildman–Crippen MR) is 76.0 cm³/mol. The summed E-state index contributed by atoms with van der Waals surface area (Å²) in [6.07, 6.45) is 3.25. The monoisotopic (exact) mass is 276 g/mol. The number of rotatable bonds is 7. The van der Waals surface area contributed by atoms with E-state index in [1.54, 1.807) is 20.5 Å². The lowest BCUT2D eigenvalue weighted by Gasteiger charge is -2.19. The van der Waals surface area contributed by atoms with Gasteiger partial charge in [-0.2, -0.15) is 5.10 Å². The van der Waals surface area contributed by atoms with Crippen LogP contribution in [-0.2, 0) is 6.54 Å². The first-order chi connectivity index (χ1) is 9.78. The van der Waals surface area contributed by atoms with Crippen LogP contribution in [0.4, 0.5) is 0 Å². The third-order valence-corrected chi connectivity index (χ3v) is 3.10. The lowest BCUT2D eigenvalue weighted by molar-refractivity contribution is 0.353. The molecule has 1 aromatic heterocycles. The number of hydrogen-bond donors (Lipinski definition) is 1. The van der Waals surface area contributed by atoms with Crippen LogP contribution < -0.4 is 14.8 Å². The summed E-state index contributed by atoms with van der Waals surface area (Å²) in [5, 5.41) is 7.59. The van der Waals surface area contributed by atoms with Gasteiger partial charge in [-0.25, -0.2) is 4.98 Å². The van der Waals surface area contributed by atoms with Gasteiger partial charge in [0.15, 0.2) is 11.5 Å². The molecule has 0 spiro atoms. The van der Waals surface area contributed by atoms with Gasteiger partial charge in [0.2, 0.25) is 0 Å². The summed E-state index contributed by atoms with van der Waals surface area (Å²) in [7, 11) is 3.27. The van der Waals surface area contributed by atoms with Crippen molar-refractivity contribution in [2.75, 3.05) is 20.8 Å². The van der Waals surface area contributed by atoms with E-state index >= 15 is 0 Å². The second-order valence-corrected chi connectivity index (χ2v) is 4.34. The van der Waals surface area contributed by atoms with E-state index in [9.17, 15) is 0 Å². The van der Waals surface area contributed by atoms with E-state index in [1.807, 2.05) is 22.9 Å². The van der Waals surface area contributed by atoms with E-state index in [4.69, 9.17) is 9.47 Å². The van der Waals surface area contributed by atoms with Gasteiger partial charge in [-0.05, 0) is 24.2 Å². The van der Waals surface area contributed by atoms with E-state index in [0.717, 1.165) is 23.6 Å². The molecule has 0 fully saturated rings. The van der Waals surface area contributed by atoms with Crippen LogP contribution in [0, 0.1) is 0 Å². The molecular weight excluding hydrogens is 256 g/mol. The molecule has 6 heteroatoms. The molecule has 20 heavy (non-hydrogen) atoms. The second kappa shape index (κ2) is 6.91. The van der Waals surface area contributed by atoms with Crippen molar-refractivity contribution >= 4 is 0 Å². The van der Waals surface area contributed by atoms with Gasteiger partial charge in [-0.3, -0.25) is 4.68 Å². The van der Waals surface area contributed by atoms with Crippen molar-refractivity contribution in [3.05, 3.63) is 36.4 Å². The molecule has 1 aromatic carbocycles. The summed E-state index contributed by atoms with van der Waals surface area (Å²) in [4.78, 5) is 3.97. The van der Waals surface area contributed by atoms with Crippen LogP contribution in [0.25, 0.3) is 0 Å². The molecule has 0 radical (unpaired) electrons. The van der Waals surface area contributed by atoms with Gasteiger partial charge in [-0.15, -0.1) is 0 Å². The Morgan fingerprint density at radius 1 is 1.25 bits per heavy atom. The summed E-state index contributed by atoms with van der Waals surface area (Å²) in [5.74, 6) is 1.46. The molecule has 0 saturated carbocycles. The lowest BCUT2D eigenvalue weighted by Crippen LogP contribution is -2.25. The number of benzene rings is 1. The summed E-state index contributed by atoms with van der Waals surface area (Å²) >= 11 is 0. The molecule has 1 N–H and O–H groups in total. The van der Waals surface area contributed by atoms with Gasteiger partial charge in [0.25, 0.3) is 0 Å². The first-order valence-corrected chi connectivity index (χ1v) is 6.56. The molecule has 1 atom stereocenters. The third-order valence-electron chi connectivity index (χ3n) is 3.10. The first-order valence-electron chi connectivity index (χ1n) is 6.56. The fourth-order valence-electron chi connectivity index (χ4n) is 2.12. The van der Waals surface area contributed by atoms with Gasteiger partial charge in [0, 0.05) is 0 Å². The van der Waals surface area contributed by atoms with E-state index < -0.39 is 0 Å². The maximum Gasteiger partial charge on any atom is 0.161 e. The van der Waals surface area contributed by atoms with Gasteiger partial charge in [0.05, 0.1) is 26.8 Å². The Hall–Kier alpha value is -2.08. The van der Waals surface area contributed by atoms with Crippen molar-refractivity contribution in [2.24, 2.45) is 0 Å². The molecule has 1 unspecified atom stereocenters. The molecule has 2 rings (SSSR count). The van der Waals surface area contributed by atoms with Crippen molar-refractivity contribution in [1.82, 2.24) is 20.1 Å². The third kappa shape index (κ3) is 3.27. The molecule has 0 saturated heterocycles. The summed E-state index contributed by atoms with van der Waals surface area (Å²) in [6, 6.07) is 6.08. The van der Waals surface area contributed by atoms with Crippen LogP contribution in [0.2, 0.25) is 0 Å². The molecule has 0 bridgehead atoms. The van der Waals surface area contributed by atoms with Gasteiger partial charge >= 0.3 is 0 Å². The van der Waals surface area contributed by atoms with Crippen LogP contribution in [-0.4, -0.2) is 35.5 Å². The number of methoxy groups -OCH3 is 2. The minimum atomic E-state index is 0.140. The maximum absolute atomic E-state index is 5.35. The van der Waals surface area contributed by atoms with E-state index in [0.29, 0.717) is 6.54 Å². The Kier molecular flexibility index (Phi) is 4.95. The zero-order chi connectivity index (χ0) is 14.4. The van der Waals surface area contributed by atoms with Gasteiger partial charge in [0.1, 0.15) is 12.7 Å². The standard InChI is InChI=1S/C14H20N4O2/c1-4-16-12(8-18-10-15-9-17-18)11-5-6-13(19-2)14(7-11)20-3/h5-7,9-10,12,16H,4,8H2,1-3H3. The second-order valence-electron chi connectivity index (χ2n) is 4.34. The van der Waals surface area contributed by atoms with Gasteiger partial charge < -0.3 is 14.8 Å². The SMILES string of the molecule is CCNC(Cn1cncn1)c1ccc(OC)c(OC)c1. The van der Waals surface area contributed by atoms with Crippen molar-refractivity contribution in [3.8, 4) is 11.5 Å². The normalized spacial score (nSPS) is 12.2. The van der Waals surface area contributed by atoms with Crippen LogP contribution >= 0.6 is 0 Å². The predicted octanol–water partition coefficient (Wildman–Crippen LogP) is 1.65. The number of nitrogens with zero attached hydrogens (tertiary/aromatic N) is 3. The van der Waals surface area contributed by atoms with Crippen molar-refractivity contribution in [1.29, 1.82) is 0 Å². The molecule has 0 aliphatic heterocycles. The summed E-state index contributed by atoms with van der Waals surface area (Å²) in [5.41, 5.74) is 1.13. The molecule has 0 amide bonds. The maximum atomic E-state index is 5.35. The molecule has 6 nitrogen and oxygen atoms in total. The lowest BCUT2D eigenvalue weighted by atomic mass is 10.1. The summed E-state index contributed by atoms with van der Waals surface area (Å²) in [6.45, 7) is 3.66. The zero-order valence-electron chi connectivity index (χ0n) is 12.0. The molecule has 2 aromatic rings. The quantitative estimate of drug-likeness (QED) is 0.833. The Labute approximate surface area is 118 Å². The zero-order valence-corrected chi connectivity index (χ0v) is 12.0. The Morgan fingerprint density at radius 3 is 2.65 bits per heavy atom. The number of hydrogen-bond acceptors (Lipinski definition) is 5. The Balaban J connectivity index is 2.24. The minimum Gasteiger partial charge on any atom is -0.493 e. The highest BCUT2D eigenvalue weighted by Gasteiger charge is 2.14. The average Bonchev–Trinajstić information content (AvgIpc) is 2.99. The van der Waals surface area contributed by atoms with Crippen molar-refractivity contribution < 1.29 is 9.47 Å². The average molecular weight is 276 g/mol. The molecule has 0 aliphatic rings. The number of ether oxygens (including phenoxy) is 2. The summed E-state index contributed by atoms with van der Waals surface area (Å²) < 4.78 is 12.4. The fourth-order valence-corrected chi connectivity index (χ4v) is 2.12. The first kappa shape index (κ1) is 14.3. The van der Waals surface area contributed by atoms with Crippen molar-refractivity contribution in [3.63, 3.8) is 0 Å². The van der Waals surface area contributed by atoms with Crippen LogP contribution in [0.15, 0.2) is 30.9 Å². The van der Waals surface area contributed by atoms with Crippen LogP contribution in [0.1, 0.15) is 18.5 Å². The van der Waals surface area contributed by atoms with Crippen LogP contribution in [0.5, 0.6) is 11.5 Å². The molecular formula is C14H20N4O2. The Bertz CT molecular complexity index is 528. The number of likely N-dealkylation sites (N-methyl/N-ethyl adjacent to an activating group) is 1. The van der Waals surface area contributed by atoms with Crippen molar-refractivity contribution in [2.45, 2.75) is 19.5 Å². The highest BCUT2D eigenvalue weighted by atomic mass is 16.5. The fraction of sp³-hybridized carbons (Fsp3) is 0.429. The topological polar surface area (TPSA) is 61.2 Å². The highest BCUT2D eigenvalue weighted by Crippen LogP contribution is 2.30.